The number of benzene rings is 1. The second-order valence-corrected chi connectivity index (χ2v) is 5.73. The summed E-state index contributed by atoms with van der Waals surface area (Å²) >= 11 is 1.35. The molecule has 2 rings (SSSR count). The molecule has 0 saturated carbocycles. The largest absolute Gasteiger partial charge is 0.493 e. The minimum atomic E-state index is -0.291. The first kappa shape index (κ1) is 17.0. The van der Waals surface area contributed by atoms with Gasteiger partial charge in [-0.3, -0.25) is 10.1 Å². The predicted molar refractivity (Wildman–Crippen MR) is 90.3 cm³/mol. The van der Waals surface area contributed by atoms with Gasteiger partial charge in [0, 0.05) is 0 Å². The Morgan fingerprint density at radius 3 is 2.87 bits per heavy atom. The minimum absolute atomic E-state index is 0.127. The number of methoxy groups -OCH3 is 1. The van der Waals surface area contributed by atoms with Gasteiger partial charge in [0.1, 0.15) is 5.01 Å². The summed E-state index contributed by atoms with van der Waals surface area (Å²) in [5, 5.41) is 11.9. The number of aryl methyl sites for hydroxylation is 1. The van der Waals surface area contributed by atoms with Crippen molar-refractivity contribution < 1.29 is 14.3 Å². The Bertz CT molecular complexity index is 685. The van der Waals surface area contributed by atoms with Crippen LogP contribution in [0.2, 0.25) is 0 Å². The number of nitrogens with one attached hydrogen (secondary N) is 1. The van der Waals surface area contributed by atoms with E-state index in [9.17, 15) is 4.79 Å². The van der Waals surface area contributed by atoms with Crippen molar-refractivity contribution in [3.8, 4) is 11.5 Å². The smallest absolute Gasteiger partial charge is 0.264 e. The van der Waals surface area contributed by atoms with Gasteiger partial charge in [0.15, 0.2) is 18.1 Å². The minimum Gasteiger partial charge on any atom is -0.493 e. The molecule has 23 heavy (non-hydrogen) atoms. The van der Waals surface area contributed by atoms with Gasteiger partial charge in [-0.05, 0) is 30.5 Å². The zero-order valence-corrected chi connectivity index (χ0v) is 14.0. The highest BCUT2D eigenvalue weighted by molar-refractivity contribution is 7.15. The number of amides is 1. The molecule has 0 aliphatic rings. The summed E-state index contributed by atoms with van der Waals surface area (Å²) in [6.07, 6.45) is 3.35. The van der Waals surface area contributed by atoms with Crippen LogP contribution in [-0.2, 0) is 17.6 Å². The van der Waals surface area contributed by atoms with Crippen LogP contribution in [0.15, 0.2) is 30.9 Å². The topological polar surface area (TPSA) is 73.3 Å². The van der Waals surface area contributed by atoms with Gasteiger partial charge in [-0.25, -0.2) is 0 Å². The van der Waals surface area contributed by atoms with E-state index in [0.29, 0.717) is 16.6 Å². The van der Waals surface area contributed by atoms with Crippen LogP contribution in [0.4, 0.5) is 5.13 Å². The lowest BCUT2D eigenvalue weighted by atomic mass is 10.1. The van der Waals surface area contributed by atoms with Crippen molar-refractivity contribution in [2.24, 2.45) is 0 Å². The molecule has 7 heteroatoms. The first-order chi connectivity index (χ1) is 11.2. The normalized spacial score (nSPS) is 10.2. The molecule has 2 aromatic rings. The summed E-state index contributed by atoms with van der Waals surface area (Å²) in [6, 6.07) is 5.56. The first-order valence-electron chi connectivity index (χ1n) is 7.19. The fourth-order valence-corrected chi connectivity index (χ4v) is 2.57. The number of anilines is 1. The van der Waals surface area contributed by atoms with Crippen molar-refractivity contribution >= 4 is 22.4 Å². The van der Waals surface area contributed by atoms with Crippen LogP contribution in [-0.4, -0.2) is 29.8 Å². The van der Waals surface area contributed by atoms with E-state index in [1.54, 1.807) is 13.2 Å². The van der Waals surface area contributed by atoms with E-state index in [2.05, 4.69) is 22.1 Å². The van der Waals surface area contributed by atoms with E-state index < -0.39 is 0 Å². The molecular formula is C16H19N3O3S. The number of hydrogen-bond donors (Lipinski definition) is 1. The lowest BCUT2D eigenvalue weighted by molar-refractivity contribution is -0.118. The third-order valence-electron chi connectivity index (χ3n) is 2.98. The van der Waals surface area contributed by atoms with Gasteiger partial charge in [0.05, 0.1) is 7.11 Å². The van der Waals surface area contributed by atoms with E-state index in [1.165, 1.54) is 11.3 Å². The second-order valence-electron chi connectivity index (χ2n) is 4.67. The van der Waals surface area contributed by atoms with Crippen LogP contribution < -0.4 is 14.8 Å². The Balaban J connectivity index is 1.94. The van der Waals surface area contributed by atoms with Crippen molar-refractivity contribution in [3.63, 3.8) is 0 Å². The molecule has 0 radical (unpaired) electrons. The molecule has 0 unspecified atom stereocenters. The number of rotatable bonds is 8. The Hall–Kier alpha value is -2.41. The third-order valence-corrected chi connectivity index (χ3v) is 3.97. The van der Waals surface area contributed by atoms with E-state index in [0.717, 1.165) is 23.4 Å². The number of carbonyl (C=O) groups excluding carboxylic acids is 1. The molecule has 0 atom stereocenters. The van der Waals surface area contributed by atoms with Crippen LogP contribution in [0.3, 0.4) is 0 Å². The molecule has 1 N–H and O–H groups in total. The summed E-state index contributed by atoms with van der Waals surface area (Å²) in [7, 11) is 1.56. The molecule has 0 aliphatic heterocycles. The van der Waals surface area contributed by atoms with Crippen molar-refractivity contribution in [2.45, 2.75) is 19.8 Å². The molecule has 0 saturated heterocycles. The molecule has 1 aromatic heterocycles. The summed E-state index contributed by atoms with van der Waals surface area (Å²) in [4.78, 5) is 11.9. The molecule has 1 heterocycles. The Morgan fingerprint density at radius 2 is 2.22 bits per heavy atom. The lowest BCUT2D eigenvalue weighted by Gasteiger charge is -2.11. The van der Waals surface area contributed by atoms with Crippen LogP contribution in [0, 0.1) is 0 Å². The van der Waals surface area contributed by atoms with E-state index in [4.69, 9.17) is 9.47 Å². The highest BCUT2D eigenvalue weighted by Crippen LogP contribution is 2.28. The van der Waals surface area contributed by atoms with Crippen molar-refractivity contribution in [3.05, 3.63) is 41.4 Å². The predicted octanol–water partition coefficient (Wildman–Crippen LogP) is 2.86. The maximum absolute atomic E-state index is 11.9. The molecule has 1 amide bonds. The average Bonchev–Trinajstić information content (AvgIpc) is 3.01. The Labute approximate surface area is 139 Å². The highest BCUT2D eigenvalue weighted by Gasteiger charge is 2.11. The zero-order valence-electron chi connectivity index (χ0n) is 13.2. The zero-order chi connectivity index (χ0) is 16.7. The van der Waals surface area contributed by atoms with E-state index in [-0.39, 0.29) is 12.5 Å². The van der Waals surface area contributed by atoms with Gasteiger partial charge >= 0.3 is 0 Å². The number of hydrogen-bond acceptors (Lipinski definition) is 6. The molecule has 0 fully saturated rings. The molecule has 0 bridgehead atoms. The maximum Gasteiger partial charge on any atom is 0.264 e. The lowest BCUT2D eigenvalue weighted by Crippen LogP contribution is -2.20. The second kappa shape index (κ2) is 8.28. The fourth-order valence-electron chi connectivity index (χ4n) is 1.87. The van der Waals surface area contributed by atoms with Crippen LogP contribution in [0.1, 0.15) is 17.5 Å². The molecule has 122 valence electrons. The van der Waals surface area contributed by atoms with Gasteiger partial charge in [-0.15, -0.1) is 16.8 Å². The van der Waals surface area contributed by atoms with Crippen molar-refractivity contribution in [1.29, 1.82) is 0 Å². The SMILES string of the molecule is C=CCc1ccc(OCC(=O)Nc2nnc(CC)s2)c(OC)c1. The van der Waals surface area contributed by atoms with Gasteiger partial charge in [-0.2, -0.15) is 0 Å². The van der Waals surface area contributed by atoms with Gasteiger partial charge in [0.25, 0.3) is 5.91 Å². The maximum atomic E-state index is 11.9. The molecule has 6 nitrogen and oxygen atoms in total. The number of carbonyl (C=O) groups is 1. The van der Waals surface area contributed by atoms with E-state index >= 15 is 0 Å². The Morgan fingerprint density at radius 1 is 1.39 bits per heavy atom. The summed E-state index contributed by atoms with van der Waals surface area (Å²) in [5.74, 6) is 0.810. The number of aromatic nitrogens is 2. The van der Waals surface area contributed by atoms with Crippen LogP contribution >= 0.6 is 11.3 Å². The first-order valence-corrected chi connectivity index (χ1v) is 8.00. The van der Waals surface area contributed by atoms with Crippen molar-refractivity contribution in [1.82, 2.24) is 10.2 Å². The molecular weight excluding hydrogens is 314 g/mol. The molecule has 1 aromatic carbocycles. The van der Waals surface area contributed by atoms with E-state index in [1.807, 2.05) is 25.1 Å². The number of nitrogens with zero attached hydrogens (tertiary/aromatic N) is 2. The Kier molecular flexibility index (Phi) is 6.10. The van der Waals surface area contributed by atoms with Gasteiger partial charge in [-0.1, -0.05) is 30.4 Å². The highest BCUT2D eigenvalue weighted by atomic mass is 32.1. The average molecular weight is 333 g/mol. The monoisotopic (exact) mass is 333 g/mol. The molecule has 0 aliphatic carbocycles. The van der Waals surface area contributed by atoms with Crippen LogP contribution in [0.5, 0.6) is 11.5 Å². The summed E-state index contributed by atoms with van der Waals surface area (Å²) < 4.78 is 10.8. The fraction of sp³-hybridized carbons (Fsp3) is 0.312. The van der Waals surface area contributed by atoms with Gasteiger partial charge in [0.2, 0.25) is 5.13 Å². The summed E-state index contributed by atoms with van der Waals surface area (Å²) in [5.41, 5.74) is 1.06. The number of allylic oxidation sites excluding steroid dienone is 1. The van der Waals surface area contributed by atoms with Crippen molar-refractivity contribution in [2.75, 3.05) is 19.0 Å². The quantitative estimate of drug-likeness (QED) is 0.752. The van der Waals surface area contributed by atoms with Crippen LogP contribution in [0.25, 0.3) is 0 Å². The molecule has 0 spiro atoms. The number of ether oxygens (including phenoxy) is 2. The van der Waals surface area contributed by atoms with Gasteiger partial charge < -0.3 is 9.47 Å². The standard InChI is InChI=1S/C16H19N3O3S/c1-4-6-11-7-8-12(13(9-11)21-3)22-10-14(20)17-16-19-18-15(5-2)23-16/h4,7-9H,1,5-6,10H2,2-3H3,(H,17,19,20). The third kappa shape index (κ3) is 4.79. The summed E-state index contributed by atoms with van der Waals surface area (Å²) in [6.45, 7) is 5.56.